The molecule has 19 heavy (non-hydrogen) atoms. The van der Waals surface area contributed by atoms with E-state index in [9.17, 15) is 4.79 Å². The fourth-order valence-corrected chi connectivity index (χ4v) is 1.74. The third kappa shape index (κ3) is 4.73. The second-order valence-corrected chi connectivity index (χ2v) is 4.12. The van der Waals surface area contributed by atoms with Crippen molar-refractivity contribution in [3.63, 3.8) is 0 Å². The quantitative estimate of drug-likeness (QED) is 0.809. The molecule has 0 unspecified atom stereocenters. The molecule has 0 aliphatic rings. The number of hydrogen-bond donors (Lipinski definition) is 1. The van der Waals surface area contributed by atoms with Gasteiger partial charge in [-0.15, -0.1) is 0 Å². The molecular formula is C13H22N4O2. The predicted octanol–water partition coefficient (Wildman–Crippen LogP) is 1.46. The van der Waals surface area contributed by atoms with Crippen LogP contribution in [0, 0.1) is 6.92 Å². The third-order valence-electron chi connectivity index (χ3n) is 2.78. The third-order valence-corrected chi connectivity index (χ3v) is 2.78. The van der Waals surface area contributed by atoms with Gasteiger partial charge in [0.05, 0.1) is 7.11 Å². The summed E-state index contributed by atoms with van der Waals surface area (Å²) in [6, 6.07) is 1.76. The van der Waals surface area contributed by atoms with Crippen molar-refractivity contribution >= 4 is 11.9 Å². The summed E-state index contributed by atoms with van der Waals surface area (Å²) >= 11 is 0. The van der Waals surface area contributed by atoms with Crippen molar-refractivity contribution in [2.75, 3.05) is 32.1 Å². The lowest BCUT2D eigenvalue weighted by atomic mass is 10.3. The first-order valence-electron chi connectivity index (χ1n) is 6.52. The molecule has 0 spiro atoms. The van der Waals surface area contributed by atoms with Crippen LogP contribution in [0.15, 0.2) is 6.07 Å². The molecule has 0 aliphatic carbocycles. The molecule has 0 aliphatic heterocycles. The molecular weight excluding hydrogens is 244 g/mol. The Morgan fingerprint density at radius 3 is 2.63 bits per heavy atom. The number of anilines is 1. The summed E-state index contributed by atoms with van der Waals surface area (Å²) in [4.78, 5) is 22.0. The van der Waals surface area contributed by atoms with Crippen LogP contribution in [-0.2, 0) is 4.79 Å². The molecule has 0 saturated heterocycles. The number of aromatic nitrogens is 2. The number of nitrogens with zero attached hydrogens (tertiary/aromatic N) is 3. The van der Waals surface area contributed by atoms with Crippen molar-refractivity contribution in [1.82, 2.24) is 14.9 Å². The molecule has 0 radical (unpaired) electrons. The Morgan fingerprint density at radius 2 is 2.05 bits per heavy atom. The van der Waals surface area contributed by atoms with Crippen molar-refractivity contribution in [3.8, 4) is 5.88 Å². The highest BCUT2D eigenvalue weighted by Crippen LogP contribution is 2.11. The monoisotopic (exact) mass is 266 g/mol. The number of ether oxygens (including phenoxy) is 1. The largest absolute Gasteiger partial charge is 0.481 e. The molecule has 0 fully saturated rings. The first-order valence-corrected chi connectivity index (χ1v) is 6.52. The number of aryl methyl sites for hydroxylation is 1. The molecule has 1 aromatic heterocycles. The Balaban J connectivity index is 2.49. The minimum Gasteiger partial charge on any atom is -0.481 e. The van der Waals surface area contributed by atoms with Crippen LogP contribution < -0.4 is 10.1 Å². The second kappa shape index (κ2) is 7.56. The van der Waals surface area contributed by atoms with Crippen LogP contribution in [0.2, 0.25) is 0 Å². The number of hydrogen-bond acceptors (Lipinski definition) is 5. The number of rotatable bonds is 7. The zero-order valence-corrected chi connectivity index (χ0v) is 12.1. The molecule has 6 nitrogen and oxygen atoms in total. The topological polar surface area (TPSA) is 67.4 Å². The van der Waals surface area contributed by atoms with Crippen molar-refractivity contribution < 1.29 is 9.53 Å². The van der Waals surface area contributed by atoms with Crippen LogP contribution in [-0.4, -0.2) is 47.5 Å². The normalized spacial score (nSPS) is 10.1. The second-order valence-electron chi connectivity index (χ2n) is 4.12. The molecule has 1 aromatic rings. The van der Waals surface area contributed by atoms with Gasteiger partial charge in [-0.1, -0.05) is 0 Å². The van der Waals surface area contributed by atoms with Crippen molar-refractivity contribution in [1.29, 1.82) is 0 Å². The Morgan fingerprint density at radius 1 is 1.37 bits per heavy atom. The summed E-state index contributed by atoms with van der Waals surface area (Å²) < 4.78 is 5.07. The van der Waals surface area contributed by atoms with Crippen LogP contribution >= 0.6 is 0 Å². The Labute approximate surface area is 114 Å². The SMILES string of the molecule is CCN(CC)C(=O)CCNc1nc(C)cc(OC)n1. The summed E-state index contributed by atoms with van der Waals surface area (Å²) in [5.41, 5.74) is 0.824. The lowest BCUT2D eigenvalue weighted by Gasteiger charge is -2.18. The average molecular weight is 266 g/mol. The summed E-state index contributed by atoms with van der Waals surface area (Å²) in [5, 5.41) is 3.04. The predicted molar refractivity (Wildman–Crippen MR) is 74.4 cm³/mol. The smallest absolute Gasteiger partial charge is 0.226 e. The molecule has 106 valence electrons. The zero-order chi connectivity index (χ0) is 14.3. The van der Waals surface area contributed by atoms with Crippen LogP contribution in [0.3, 0.4) is 0 Å². The molecule has 0 aromatic carbocycles. The molecule has 0 bridgehead atoms. The molecule has 1 N–H and O–H groups in total. The van der Waals surface area contributed by atoms with Gasteiger partial charge < -0.3 is 15.0 Å². The van der Waals surface area contributed by atoms with Crippen molar-refractivity contribution in [2.24, 2.45) is 0 Å². The average Bonchev–Trinajstić information content (AvgIpc) is 2.39. The van der Waals surface area contributed by atoms with Gasteiger partial charge in [0.15, 0.2) is 0 Å². The minimum absolute atomic E-state index is 0.136. The van der Waals surface area contributed by atoms with Gasteiger partial charge in [0.1, 0.15) is 0 Å². The number of carbonyl (C=O) groups excluding carboxylic acids is 1. The summed E-state index contributed by atoms with van der Waals surface area (Å²) in [6.45, 7) is 7.82. The molecule has 1 rings (SSSR count). The standard InChI is InChI=1S/C13H22N4O2/c1-5-17(6-2)12(18)7-8-14-13-15-10(3)9-11(16-13)19-4/h9H,5-8H2,1-4H3,(H,14,15,16). The lowest BCUT2D eigenvalue weighted by Crippen LogP contribution is -2.31. The highest BCUT2D eigenvalue weighted by molar-refractivity contribution is 5.76. The fraction of sp³-hybridized carbons (Fsp3) is 0.615. The molecule has 1 amide bonds. The highest BCUT2D eigenvalue weighted by atomic mass is 16.5. The fourth-order valence-electron chi connectivity index (χ4n) is 1.74. The zero-order valence-electron chi connectivity index (χ0n) is 12.1. The maximum Gasteiger partial charge on any atom is 0.226 e. The minimum atomic E-state index is 0.136. The van der Waals surface area contributed by atoms with E-state index in [4.69, 9.17) is 4.74 Å². The lowest BCUT2D eigenvalue weighted by molar-refractivity contribution is -0.130. The van der Waals surface area contributed by atoms with Gasteiger partial charge in [0, 0.05) is 37.8 Å². The van der Waals surface area contributed by atoms with E-state index in [1.807, 2.05) is 20.8 Å². The summed E-state index contributed by atoms with van der Waals surface area (Å²) in [7, 11) is 1.56. The number of amides is 1. The van der Waals surface area contributed by atoms with Crippen LogP contribution in [0.5, 0.6) is 5.88 Å². The van der Waals surface area contributed by atoms with Crippen molar-refractivity contribution in [2.45, 2.75) is 27.2 Å². The number of carbonyl (C=O) groups is 1. The van der Waals surface area contributed by atoms with Crippen LogP contribution in [0.4, 0.5) is 5.95 Å². The first kappa shape index (κ1) is 15.2. The van der Waals surface area contributed by atoms with E-state index in [-0.39, 0.29) is 5.91 Å². The van der Waals surface area contributed by atoms with Gasteiger partial charge in [-0.2, -0.15) is 4.98 Å². The van der Waals surface area contributed by atoms with Gasteiger partial charge in [0.2, 0.25) is 17.7 Å². The van der Waals surface area contributed by atoms with E-state index in [1.165, 1.54) is 0 Å². The van der Waals surface area contributed by atoms with Crippen LogP contribution in [0.1, 0.15) is 26.0 Å². The Bertz CT molecular complexity index is 419. The van der Waals surface area contributed by atoms with Gasteiger partial charge in [-0.25, -0.2) is 4.98 Å². The number of methoxy groups -OCH3 is 1. The van der Waals surface area contributed by atoms with Gasteiger partial charge in [-0.3, -0.25) is 4.79 Å². The van der Waals surface area contributed by atoms with E-state index in [1.54, 1.807) is 18.1 Å². The molecule has 1 heterocycles. The Kier molecular flexibility index (Phi) is 6.05. The molecule has 0 atom stereocenters. The summed E-state index contributed by atoms with van der Waals surface area (Å²) in [5.74, 6) is 1.14. The van der Waals surface area contributed by atoms with Gasteiger partial charge >= 0.3 is 0 Å². The number of nitrogens with one attached hydrogen (secondary N) is 1. The molecule has 0 saturated carbocycles. The first-order chi connectivity index (χ1) is 9.10. The molecule has 6 heteroatoms. The van der Waals surface area contributed by atoms with E-state index in [2.05, 4.69) is 15.3 Å². The van der Waals surface area contributed by atoms with Crippen LogP contribution in [0.25, 0.3) is 0 Å². The van der Waals surface area contributed by atoms with E-state index >= 15 is 0 Å². The Hall–Kier alpha value is -1.85. The summed E-state index contributed by atoms with van der Waals surface area (Å²) in [6.07, 6.45) is 0.432. The van der Waals surface area contributed by atoms with E-state index < -0.39 is 0 Å². The highest BCUT2D eigenvalue weighted by Gasteiger charge is 2.09. The van der Waals surface area contributed by atoms with Gasteiger partial charge in [0.25, 0.3) is 0 Å². The van der Waals surface area contributed by atoms with E-state index in [0.29, 0.717) is 24.8 Å². The van der Waals surface area contributed by atoms with Gasteiger partial charge in [-0.05, 0) is 20.8 Å². The van der Waals surface area contributed by atoms with E-state index in [0.717, 1.165) is 18.8 Å². The maximum atomic E-state index is 11.8. The maximum absolute atomic E-state index is 11.8. The van der Waals surface area contributed by atoms with Crippen molar-refractivity contribution in [3.05, 3.63) is 11.8 Å².